The van der Waals surface area contributed by atoms with Gasteiger partial charge in [-0.3, -0.25) is 0 Å². The van der Waals surface area contributed by atoms with Crippen LogP contribution in [0.15, 0.2) is 97.1 Å². The third-order valence-corrected chi connectivity index (χ3v) is 5.29. The summed E-state index contributed by atoms with van der Waals surface area (Å²) in [7, 11) is 0. The van der Waals surface area contributed by atoms with Gasteiger partial charge in [0, 0.05) is 35.8 Å². The van der Waals surface area contributed by atoms with Gasteiger partial charge in [0.15, 0.2) is 0 Å². The smallest absolute Gasteiger partial charge is 0.0400 e. The largest absolute Gasteiger partial charge is 0.381 e. The van der Waals surface area contributed by atoms with Crippen LogP contribution in [0.3, 0.4) is 0 Å². The van der Waals surface area contributed by atoms with E-state index in [9.17, 15) is 0 Å². The van der Waals surface area contributed by atoms with Crippen LogP contribution in [0, 0.1) is 13.8 Å². The van der Waals surface area contributed by atoms with Crippen LogP contribution in [-0.4, -0.2) is 0 Å². The van der Waals surface area contributed by atoms with Crippen LogP contribution in [0.4, 0.5) is 22.7 Å². The maximum atomic E-state index is 3.47. The van der Waals surface area contributed by atoms with Crippen LogP contribution >= 0.6 is 0 Å². The molecule has 0 heterocycles. The van der Waals surface area contributed by atoms with Crippen LogP contribution in [-0.2, 0) is 13.1 Å². The zero-order valence-corrected chi connectivity index (χ0v) is 18.2. The molecule has 4 aromatic rings. The van der Waals surface area contributed by atoms with Crippen molar-refractivity contribution in [2.24, 2.45) is 0 Å². The molecule has 156 valence electrons. The lowest BCUT2D eigenvalue weighted by Crippen LogP contribution is -2.00. The van der Waals surface area contributed by atoms with Gasteiger partial charge < -0.3 is 16.0 Å². The lowest BCUT2D eigenvalue weighted by Gasteiger charge is -2.11. The first-order valence-electron chi connectivity index (χ1n) is 10.7. The van der Waals surface area contributed by atoms with Crippen molar-refractivity contribution < 1.29 is 0 Å². The van der Waals surface area contributed by atoms with Crippen LogP contribution < -0.4 is 16.0 Å². The summed E-state index contributed by atoms with van der Waals surface area (Å²) in [6.07, 6.45) is 0. The fraction of sp³-hybridized carbons (Fsp3) is 0.143. The van der Waals surface area contributed by atoms with Gasteiger partial charge in [0.2, 0.25) is 0 Å². The second-order valence-electron chi connectivity index (χ2n) is 7.96. The summed E-state index contributed by atoms with van der Waals surface area (Å²) in [4.78, 5) is 0. The Labute approximate surface area is 185 Å². The molecule has 0 spiro atoms. The third kappa shape index (κ3) is 6.13. The van der Waals surface area contributed by atoms with E-state index in [0.29, 0.717) is 0 Å². The number of benzene rings is 4. The standard InChI is InChI=1S/C28H29N3/c1-21-3-7-23(8-4-21)19-29-25-11-15-27(16-12-25)31-28-17-13-26(14-18-28)30-20-24-9-5-22(2)6-10-24/h3-18,29-31H,19-20H2,1-2H3. The summed E-state index contributed by atoms with van der Waals surface area (Å²) in [5, 5.41) is 10.4. The molecular formula is C28H29N3. The highest BCUT2D eigenvalue weighted by molar-refractivity contribution is 5.64. The molecule has 3 N–H and O–H groups in total. The van der Waals surface area contributed by atoms with Gasteiger partial charge in [0.1, 0.15) is 0 Å². The second-order valence-corrected chi connectivity index (χ2v) is 7.96. The third-order valence-electron chi connectivity index (χ3n) is 5.29. The lowest BCUT2D eigenvalue weighted by atomic mass is 10.1. The summed E-state index contributed by atoms with van der Waals surface area (Å²) in [6, 6.07) is 34.1. The highest BCUT2D eigenvalue weighted by atomic mass is 14.9. The zero-order chi connectivity index (χ0) is 21.5. The molecule has 0 atom stereocenters. The normalized spacial score (nSPS) is 10.5. The second kappa shape index (κ2) is 9.86. The number of nitrogens with one attached hydrogen (secondary N) is 3. The molecule has 4 rings (SSSR count). The first-order chi connectivity index (χ1) is 15.1. The topological polar surface area (TPSA) is 36.1 Å². The van der Waals surface area contributed by atoms with Crippen molar-refractivity contribution in [2.45, 2.75) is 26.9 Å². The number of hydrogen-bond acceptors (Lipinski definition) is 3. The SMILES string of the molecule is Cc1ccc(CNc2ccc(Nc3ccc(NCc4ccc(C)cc4)cc3)cc2)cc1. The van der Waals surface area contributed by atoms with Gasteiger partial charge in [-0.25, -0.2) is 0 Å². The van der Waals surface area contributed by atoms with E-state index >= 15 is 0 Å². The van der Waals surface area contributed by atoms with E-state index in [4.69, 9.17) is 0 Å². The minimum atomic E-state index is 0.824. The van der Waals surface area contributed by atoms with Crippen LogP contribution in [0.5, 0.6) is 0 Å². The first-order valence-corrected chi connectivity index (χ1v) is 10.7. The Morgan fingerprint density at radius 1 is 0.419 bits per heavy atom. The van der Waals surface area contributed by atoms with Gasteiger partial charge in [0.05, 0.1) is 0 Å². The summed E-state index contributed by atoms with van der Waals surface area (Å²) < 4.78 is 0. The molecule has 3 nitrogen and oxygen atoms in total. The molecule has 0 aliphatic heterocycles. The van der Waals surface area contributed by atoms with E-state index in [1.807, 2.05) is 0 Å². The summed E-state index contributed by atoms with van der Waals surface area (Å²) >= 11 is 0. The Kier molecular flexibility index (Phi) is 6.53. The first kappa shape index (κ1) is 20.5. The van der Waals surface area contributed by atoms with Gasteiger partial charge in [-0.1, -0.05) is 59.7 Å². The molecule has 0 aliphatic carbocycles. The monoisotopic (exact) mass is 407 g/mol. The Morgan fingerprint density at radius 2 is 0.742 bits per heavy atom. The molecule has 0 radical (unpaired) electrons. The summed E-state index contributed by atoms with van der Waals surface area (Å²) in [6.45, 7) is 5.87. The molecule has 0 saturated carbocycles. The average molecular weight is 408 g/mol. The Hall–Kier alpha value is -3.72. The predicted molar refractivity (Wildman–Crippen MR) is 133 cm³/mol. The van der Waals surface area contributed by atoms with Crippen LogP contribution in [0.1, 0.15) is 22.3 Å². The Morgan fingerprint density at radius 3 is 1.10 bits per heavy atom. The van der Waals surface area contributed by atoms with Gasteiger partial charge in [-0.2, -0.15) is 0 Å². The Balaban J connectivity index is 1.27. The fourth-order valence-corrected chi connectivity index (χ4v) is 3.33. The van der Waals surface area contributed by atoms with Crippen molar-refractivity contribution >= 4 is 22.7 Å². The van der Waals surface area contributed by atoms with E-state index in [0.717, 1.165) is 35.8 Å². The van der Waals surface area contributed by atoms with Crippen LogP contribution in [0.2, 0.25) is 0 Å². The quantitative estimate of drug-likeness (QED) is 0.287. The highest BCUT2D eigenvalue weighted by Crippen LogP contribution is 2.21. The zero-order valence-electron chi connectivity index (χ0n) is 18.2. The van der Waals surface area contributed by atoms with Crippen molar-refractivity contribution in [3.05, 3.63) is 119 Å². The van der Waals surface area contributed by atoms with Crippen LogP contribution in [0.25, 0.3) is 0 Å². The highest BCUT2D eigenvalue weighted by Gasteiger charge is 1.99. The molecule has 0 fully saturated rings. The van der Waals surface area contributed by atoms with Crippen molar-refractivity contribution in [3.8, 4) is 0 Å². The maximum Gasteiger partial charge on any atom is 0.0400 e. The molecule has 4 aromatic carbocycles. The molecule has 0 aliphatic rings. The minimum absolute atomic E-state index is 0.824. The van der Waals surface area contributed by atoms with Gasteiger partial charge >= 0.3 is 0 Å². The molecule has 0 amide bonds. The summed E-state index contributed by atoms with van der Waals surface area (Å²) in [5.41, 5.74) is 9.50. The predicted octanol–water partition coefficient (Wildman–Crippen LogP) is 7.27. The molecule has 0 unspecified atom stereocenters. The van der Waals surface area contributed by atoms with Gasteiger partial charge in [-0.15, -0.1) is 0 Å². The Bertz CT molecular complexity index is 990. The van der Waals surface area contributed by atoms with Gasteiger partial charge in [-0.05, 0) is 73.5 Å². The number of rotatable bonds is 8. The summed E-state index contributed by atoms with van der Waals surface area (Å²) in [5.74, 6) is 0. The molecule has 0 aromatic heterocycles. The number of hydrogen-bond donors (Lipinski definition) is 3. The molecule has 31 heavy (non-hydrogen) atoms. The lowest BCUT2D eigenvalue weighted by molar-refractivity contribution is 1.14. The molecular weight excluding hydrogens is 378 g/mol. The van der Waals surface area contributed by atoms with Gasteiger partial charge in [0.25, 0.3) is 0 Å². The molecule has 0 saturated heterocycles. The van der Waals surface area contributed by atoms with E-state index in [1.54, 1.807) is 0 Å². The van der Waals surface area contributed by atoms with E-state index < -0.39 is 0 Å². The van der Waals surface area contributed by atoms with Crippen molar-refractivity contribution in [3.63, 3.8) is 0 Å². The minimum Gasteiger partial charge on any atom is -0.381 e. The van der Waals surface area contributed by atoms with E-state index in [2.05, 4.69) is 127 Å². The van der Waals surface area contributed by atoms with Crippen molar-refractivity contribution in [1.29, 1.82) is 0 Å². The average Bonchev–Trinajstić information content (AvgIpc) is 2.80. The fourth-order valence-electron chi connectivity index (χ4n) is 3.33. The number of aryl methyl sites for hydroxylation is 2. The van der Waals surface area contributed by atoms with E-state index in [1.165, 1.54) is 22.3 Å². The van der Waals surface area contributed by atoms with E-state index in [-0.39, 0.29) is 0 Å². The van der Waals surface area contributed by atoms with Crippen molar-refractivity contribution in [1.82, 2.24) is 0 Å². The van der Waals surface area contributed by atoms with Crippen molar-refractivity contribution in [2.75, 3.05) is 16.0 Å². The maximum absolute atomic E-state index is 3.47. The molecule has 0 bridgehead atoms. The molecule has 3 heteroatoms. The number of anilines is 4.